The molecule has 0 spiro atoms. The van der Waals surface area contributed by atoms with Crippen molar-refractivity contribution >= 4 is 51.0 Å². The Morgan fingerprint density at radius 1 is 1.50 bits per heavy atom. The zero-order chi connectivity index (χ0) is 9.30. The van der Waals surface area contributed by atoms with E-state index in [0.29, 0.717) is 3.57 Å². The van der Waals surface area contributed by atoms with E-state index in [2.05, 4.69) is 0 Å². The van der Waals surface area contributed by atoms with Gasteiger partial charge in [-0.1, -0.05) is 11.6 Å². The fourth-order valence-electron chi connectivity index (χ4n) is 0.673. The molecule has 0 unspecified atom stereocenters. The molecular formula is C7H2Cl2FIO. The Balaban J connectivity index is 3.33. The van der Waals surface area contributed by atoms with Gasteiger partial charge in [-0.15, -0.1) is 0 Å². The van der Waals surface area contributed by atoms with Crippen LogP contribution in [0, 0.1) is 9.39 Å². The highest BCUT2D eigenvalue weighted by molar-refractivity contribution is 14.1. The quantitative estimate of drug-likeness (QED) is 0.440. The van der Waals surface area contributed by atoms with Crippen molar-refractivity contribution in [2.75, 3.05) is 0 Å². The molecular weight excluding hydrogens is 317 g/mol. The number of carbonyl (C=O) groups is 1. The number of benzene rings is 1. The molecule has 0 saturated heterocycles. The topological polar surface area (TPSA) is 17.1 Å². The van der Waals surface area contributed by atoms with Gasteiger partial charge in [-0.2, -0.15) is 0 Å². The average molecular weight is 319 g/mol. The van der Waals surface area contributed by atoms with E-state index in [1.165, 1.54) is 6.07 Å². The van der Waals surface area contributed by atoms with Crippen molar-refractivity contribution in [3.8, 4) is 0 Å². The minimum Gasteiger partial charge on any atom is -0.276 e. The minimum atomic E-state index is -0.682. The molecule has 0 atom stereocenters. The first-order valence-electron chi connectivity index (χ1n) is 2.86. The normalized spacial score (nSPS) is 10.0. The third kappa shape index (κ3) is 2.08. The molecule has 5 heteroatoms. The molecule has 12 heavy (non-hydrogen) atoms. The zero-order valence-corrected chi connectivity index (χ0v) is 9.24. The molecule has 0 aliphatic heterocycles. The van der Waals surface area contributed by atoms with Crippen LogP contribution < -0.4 is 0 Å². The van der Waals surface area contributed by atoms with Gasteiger partial charge in [0.1, 0.15) is 5.82 Å². The van der Waals surface area contributed by atoms with E-state index in [1.54, 1.807) is 22.6 Å². The fraction of sp³-hybridized carbons (Fsp3) is 0. The van der Waals surface area contributed by atoms with Gasteiger partial charge in [-0.25, -0.2) is 4.39 Å². The first kappa shape index (κ1) is 10.2. The second-order valence-electron chi connectivity index (χ2n) is 2.02. The lowest BCUT2D eigenvalue weighted by molar-refractivity contribution is 0.108. The number of carbonyl (C=O) groups excluding carboxylic acids is 1. The molecule has 1 nitrogen and oxygen atoms in total. The summed E-state index contributed by atoms with van der Waals surface area (Å²) in [5.74, 6) is -0.456. The lowest BCUT2D eigenvalue weighted by Gasteiger charge is -1.99. The number of halogens is 4. The van der Waals surface area contributed by atoms with Crippen LogP contribution in [-0.4, -0.2) is 5.24 Å². The maximum Gasteiger partial charge on any atom is 0.253 e. The third-order valence-electron chi connectivity index (χ3n) is 1.22. The summed E-state index contributed by atoms with van der Waals surface area (Å²) in [4.78, 5) is 10.7. The van der Waals surface area contributed by atoms with Crippen LogP contribution in [0.25, 0.3) is 0 Å². The van der Waals surface area contributed by atoms with E-state index < -0.39 is 11.1 Å². The molecule has 1 rings (SSSR count). The predicted octanol–water partition coefficient (Wildman–Crippen LogP) is 3.46. The van der Waals surface area contributed by atoms with Gasteiger partial charge < -0.3 is 0 Å². The molecule has 1 aromatic carbocycles. The van der Waals surface area contributed by atoms with Gasteiger partial charge in [0, 0.05) is 3.57 Å². The van der Waals surface area contributed by atoms with E-state index in [4.69, 9.17) is 23.2 Å². The summed E-state index contributed by atoms with van der Waals surface area (Å²) >= 11 is 12.5. The molecule has 0 bridgehead atoms. The van der Waals surface area contributed by atoms with Gasteiger partial charge in [0.2, 0.25) is 0 Å². The molecule has 0 N–H and O–H groups in total. The minimum absolute atomic E-state index is 0.0351. The Hall–Kier alpha value is 0.130. The number of hydrogen-bond acceptors (Lipinski definition) is 1. The van der Waals surface area contributed by atoms with E-state index in [-0.39, 0.29) is 10.6 Å². The van der Waals surface area contributed by atoms with E-state index >= 15 is 0 Å². The molecule has 0 heterocycles. The first-order chi connectivity index (χ1) is 5.52. The predicted molar refractivity (Wildman–Crippen MR) is 54.3 cm³/mol. The van der Waals surface area contributed by atoms with Gasteiger partial charge in [-0.05, 0) is 46.3 Å². The van der Waals surface area contributed by atoms with Crippen molar-refractivity contribution < 1.29 is 9.18 Å². The van der Waals surface area contributed by atoms with Crippen LogP contribution in [0.1, 0.15) is 10.4 Å². The Kier molecular flexibility index (Phi) is 3.31. The smallest absolute Gasteiger partial charge is 0.253 e. The highest BCUT2D eigenvalue weighted by atomic mass is 127. The lowest BCUT2D eigenvalue weighted by Crippen LogP contribution is -1.93. The molecule has 64 valence electrons. The Morgan fingerprint density at radius 3 is 2.58 bits per heavy atom. The summed E-state index contributed by atoms with van der Waals surface area (Å²) in [6.07, 6.45) is 0. The zero-order valence-electron chi connectivity index (χ0n) is 5.57. The maximum absolute atomic E-state index is 12.8. The van der Waals surface area contributed by atoms with Crippen LogP contribution in [0.15, 0.2) is 12.1 Å². The van der Waals surface area contributed by atoms with Gasteiger partial charge in [0.25, 0.3) is 5.24 Å². The lowest BCUT2D eigenvalue weighted by atomic mass is 10.2. The number of rotatable bonds is 1. The highest BCUT2D eigenvalue weighted by Crippen LogP contribution is 2.23. The average Bonchev–Trinajstić information content (AvgIpc) is 1.96. The highest BCUT2D eigenvalue weighted by Gasteiger charge is 2.11. The summed E-state index contributed by atoms with van der Waals surface area (Å²) in [7, 11) is 0. The molecule has 0 saturated carbocycles. The maximum atomic E-state index is 12.8. The second kappa shape index (κ2) is 3.89. The summed E-state index contributed by atoms with van der Waals surface area (Å²) in [6.45, 7) is 0. The molecule has 0 radical (unpaired) electrons. The van der Waals surface area contributed by atoms with Crippen molar-refractivity contribution in [2.45, 2.75) is 0 Å². The van der Waals surface area contributed by atoms with Gasteiger partial charge in [0.15, 0.2) is 0 Å². The molecule has 0 aromatic heterocycles. The largest absolute Gasteiger partial charge is 0.276 e. The Bertz CT molecular complexity index is 340. The SMILES string of the molecule is O=C(Cl)c1cc(I)c(F)cc1Cl. The van der Waals surface area contributed by atoms with E-state index in [1.807, 2.05) is 0 Å². The van der Waals surface area contributed by atoms with Crippen molar-refractivity contribution in [1.29, 1.82) is 0 Å². The molecule has 1 aromatic rings. The van der Waals surface area contributed by atoms with Crippen LogP contribution >= 0.6 is 45.8 Å². The summed E-state index contributed by atoms with van der Waals surface area (Å²) in [5, 5.41) is -0.647. The van der Waals surface area contributed by atoms with Crippen LogP contribution in [0.5, 0.6) is 0 Å². The van der Waals surface area contributed by atoms with E-state index in [9.17, 15) is 9.18 Å². The van der Waals surface area contributed by atoms with Crippen LogP contribution in [-0.2, 0) is 0 Å². The molecule has 0 amide bonds. The summed E-state index contributed by atoms with van der Waals surface area (Å²) < 4.78 is 13.1. The Morgan fingerprint density at radius 2 is 2.08 bits per heavy atom. The van der Waals surface area contributed by atoms with Crippen LogP contribution in [0.3, 0.4) is 0 Å². The number of hydrogen-bond donors (Lipinski definition) is 0. The third-order valence-corrected chi connectivity index (χ3v) is 2.56. The van der Waals surface area contributed by atoms with Gasteiger partial charge >= 0.3 is 0 Å². The first-order valence-corrected chi connectivity index (χ1v) is 4.70. The standard InChI is InChI=1S/C7H2Cl2FIO/c8-4-2-5(10)6(11)1-3(4)7(9)12/h1-2H. The molecule has 0 aliphatic rings. The van der Waals surface area contributed by atoms with Crippen LogP contribution in [0.4, 0.5) is 4.39 Å². The van der Waals surface area contributed by atoms with E-state index in [0.717, 1.165) is 6.07 Å². The van der Waals surface area contributed by atoms with Crippen LogP contribution in [0.2, 0.25) is 5.02 Å². The Labute approximate surface area is 92.0 Å². The molecule has 0 fully saturated rings. The van der Waals surface area contributed by atoms with Crippen molar-refractivity contribution in [3.63, 3.8) is 0 Å². The van der Waals surface area contributed by atoms with Crippen molar-refractivity contribution in [3.05, 3.63) is 32.1 Å². The van der Waals surface area contributed by atoms with Crippen molar-refractivity contribution in [1.82, 2.24) is 0 Å². The summed E-state index contributed by atoms with van der Waals surface area (Å²) in [5.41, 5.74) is 0.129. The van der Waals surface area contributed by atoms with Gasteiger partial charge in [0.05, 0.1) is 10.6 Å². The fourth-order valence-corrected chi connectivity index (χ4v) is 1.58. The second-order valence-corrected chi connectivity index (χ2v) is 3.93. The monoisotopic (exact) mass is 318 g/mol. The summed E-state index contributed by atoms with van der Waals surface area (Å²) in [6, 6.07) is 2.38. The van der Waals surface area contributed by atoms with Gasteiger partial charge in [-0.3, -0.25) is 4.79 Å². The van der Waals surface area contributed by atoms with Crippen molar-refractivity contribution in [2.24, 2.45) is 0 Å². The molecule has 0 aliphatic carbocycles.